The highest BCUT2D eigenvalue weighted by atomic mass is 35.5. The lowest BCUT2D eigenvalue weighted by Gasteiger charge is -2.38. The van der Waals surface area contributed by atoms with Gasteiger partial charge in [-0.1, -0.05) is 23.7 Å². The fourth-order valence-electron chi connectivity index (χ4n) is 2.45. The Bertz CT molecular complexity index is 530. The van der Waals surface area contributed by atoms with Crippen molar-refractivity contribution in [3.8, 4) is 0 Å². The smallest absolute Gasteiger partial charge is 0.241 e. The number of likely N-dealkylation sites (N-methyl/N-ethyl adjacent to an activating group) is 1. The van der Waals surface area contributed by atoms with E-state index in [0.717, 1.165) is 5.56 Å². The Morgan fingerprint density at radius 2 is 2.05 bits per heavy atom. The summed E-state index contributed by atoms with van der Waals surface area (Å²) >= 11 is 6.09. The van der Waals surface area contributed by atoms with Gasteiger partial charge in [0.25, 0.3) is 0 Å². The number of benzene rings is 1. The topological polar surface area (TPSA) is 35.6 Å². The van der Waals surface area contributed by atoms with Crippen LogP contribution in [0.2, 0.25) is 5.02 Å². The van der Waals surface area contributed by atoms with Gasteiger partial charge in [0.2, 0.25) is 5.91 Å². The number of nitrogens with one attached hydrogen (secondary N) is 1. The molecule has 1 aliphatic rings. The zero-order valence-electron chi connectivity index (χ0n) is 13.4. The first-order valence-corrected chi connectivity index (χ1v) is 7.59. The van der Waals surface area contributed by atoms with E-state index in [0.29, 0.717) is 11.6 Å². The lowest BCUT2D eigenvalue weighted by molar-refractivity contribution is -0.131. The largest absolute Gasteiger partial charge is 0.320 e. The standard InChI is InChI=1S/C16H24ClN3O/c1-11-15(21)20(10-16(2,3)19(4)5)14(18-11)12-7-6-8-13(17)9-12/h6-9,11,14,18H,10H2,1-5H3. The minimum Gasteiger partial charge on any atom is -0.320 e. The normalized spacial score (nSPS) is 23.2. The predicted molar refractivity (Wildman–Crippen MR) is 86.3 cm³/mol. The lowest BCUT2D eigenvalue weighted by atomic mass is 10.0. The molecule has 1 amide bonds. The Kier molecular flexibility index (Phi) is 4.61. The maximum absolute atomic E-state index is 12.5. The van der Waals surface area contributed by atoms with E-state index in [-0.39, 0.29) is 23.7 Å². The molecule has 0 radical (unpaired) electrons. The Labute approximate surface area is 132 Å². The zero-order valence-corrected chi connectivity index (χ0v) is 14.1. The average Bonchev–Trinajstić information content (AvgIpc) is 2.66. The van der Waals surface area contributed by atoms with Crippen LogP contribution in [0.25, 0.3) is 0 Å². The number of hydrogen-bond acceptors (Lipinski definition) is 3. The van der Waals surface area contributed by atoms with Gasteiger partial charge in [0.1, 0.15) is 6.17 Å². The zero-order chi connectivity index (χ0) is 15.8. The summed E-state index contributed by atoms with van der Waals surface area (Å²) in [5.41, 5.74) is 0.924. The van der Waals surface area contributed by atoms with Crippen LogP contribution in [-0.4, -0.2) is 47.9 Å². The van der Waals surface area contributed by atoms with Gasteiger partial charge in [0.15, 0.2) is 0 Å². The van der Waals surface area contributed by atoms with Crippen LogP contribution in [0, 0.1) is 0 Å². The number of rotatable bonds is 4. The molecule has 1 aromatic rings. The molecule has 4 nitrogen and oxygen atoms in total. The third-order valence-corrected chi connectivity index (χ3v) is 4.54. The molecule has 2 rings (SSSR count). The molecule has 2 atom stereocenters. The molecule has 1 aromatic carbocycles. The van der Waals surface area contributed by atoms with Crippen LogP contribution in [0.4, 0.5) is 0 Å². The number of hydrogen-bond donors (Lipinski definition) is 1. The van der Waals surface area contributed by atoms with Gasteiger partial charge in [0, 0.05) is 17.1 Å². The second-order valence-electron chi connectivity index (χ2n) is 6.52. The molecule has 0 saturated carbocycles. The van der Waals surface area contributed by atoms with Crippen molar-refractivity contribution < 1.29 is 4.79 Å². The van der Waals surface area contributed by atoms with Gasteiger partial charge in [-0.2, -0.15) is 0 Å². The SMILES string of the molecule is CC1NC(c2cccc(Cl)c2)N(CC(C)(C)N(C)C)C1=O. The first-order valence-electron chi connectivity index (χ1n) is 7.22. The molecule has 1 fully saturated rings. The van der Waals surface area contributed by atoms with Crippen molar-refractivity contribution in [2.75, 3.05) is 20.6 Å². The van der Waals surface area contributed by atoms with Crippen molar-refractivity contribution in [2.24, 2.45) is 0 Å². The first kappa shape index (κ1) is 16.3. The van der Waals surface area contributed by atoms with Crippen molar-refractivity contribution in [3.05, 3.63) is 34.9 Å². The fraction of sp³-hybridized carbons (Fsp3) is 0.562. The summed E-state index contributed by atoms with van der Waals surface area (Å²) in [6.07, 6.45) is -0.120. The van der Waals surface area contributed by atoms with E-state index in [2.05, 4.69) is 24.1 Å². The lowest BCUT2D eigenvalue weighted by Crippen LogP contribution is -2.49. The minimum absolute atomic E-state index is 0.0990. The molecule has 2 unspecified atom stereocenters. The number of amides is 1. The first-order chi connectivity index (χ1) is 9.72. The molecule has 1 N–H and O–H groups in total. The quantitative estimate of drug-likeness (QED) is 0.928. The Hall–Kier alpha value is -1.10. The van der Waals surface area contributed by atoms with Gasteiger partial charge in [-0.15, -0.1) is 0 Å². The molecule has 0 aromatic heterocycles. The van der Waals surface area contributed by atoms with E-state index < -0.39 is 0 Å². The Morgan fingerprint density at radius 3 is 2.62 bits per heavy atom. The molecular weight excluding hydrogens is 286 g/mol. The molecular formula is C16H24ClN3O. The van der Waals surface area contributed by atoms with Crippen LogP contribution in [0.5, 0.6) is 0 Å². The van der Waals surface area contributed by atoms with Crippen molar-refractivity contribution in [2.45, 2.75) is 38.5 Å². The molecule has 5 heteroatoms. The predicted octanol–water partition coefficient (Wildman–Crippen LogP) is 2.50. The van der Waals surface area contributed by atoms with Gasteiger partial charge in [0.05, 0.1) is 6.04 Å². The Balaban J connectivity index is 2.29. The van der Waals surface area contributed by atoms with Crippen molar-refractivity contribution >= 4 is 17.5 Å². The van der Waals surface area contributed by atoms with Gasteiger partial charge >= 0.3 is 0 Å². The van der Waals surface area contributed by atoms with E-state index in [1.165, 1.54) is 0 Å². The van der Waals surface area contributed by atoms with Crippen LogP contribution >= 0.6 is 11.6 Å². The summed E-state index contributed by atoms with van der Waals surface area (Å²) in [6, 6.07) is 7.51. The van der Waals surface area contributed by atoms with Crippen molar-refractivity contribution in [1.29, 1.82) is 0 Å². The summed E-state index contributed by atoms with van der Waals surface area (Å²) in [6.45, 7) is 6.84. The molecule has 0 aliphatic carbocycles. The van der Waals surface area contributed by atoms with Gasteiger partial charge < -0.3 is 9.80 Å². The van der Waals surface area contributed by atoms with Crippen LogP contribution < -0.4 is 5.32 Å². The number of halogens is 1. The van der Waals surface area contributed by atoms with Crippen LogP contribution in [-0.2, 0) is 4.79 Å². The minimum atomic E-state index is -0.174. The molecule has 116 valence electrons. The molecule has 0 bridgehead atoms. The maximum Gasteiger partial charge on any atom is 0.241 e. The highest BCUT2D eigenvalue weighted by Crippen LogP contribution is 2.29. The van der Waals surface area contributed by atoms with E-state index >= 15 is 0 Å². The van der Waals surface area contributed by atoms with E-state index in [4.69, 9.17) is 11.6 Å². The van der Waals surface area contributed by atoms with Gasteiger partial charge in [-0.3, -0.25) is 10.1 Å². The van der Waals surface area contributed by atoms with Crippen LogP contribution in [0.15, 0.2) is 24.3 Å². The van der Waals surface area contributed by atoms with Gasteiger partial charge in [-0.25, -0.2) is 0 Å². The van der Waals surface area contributed by atoms with E-state index in [1.807, 2.05) is 50.2 Å². The summed E-state index contributed by atoms with van der Waals surface area (Å²) in [5, 5.41) is 4.05. The van der Waals surface area contributed by atoms with E-state index in [1.54, 1.807) is 0 Å². The number of nitrogens with zero attached hydrogens (tertiary/aromatic N) is 2. The molecule has 1 heterocycles. The second-order valence-corrected chi connectivity index (χ2v) is 6.96. The monoisotopic (exact) mass is 309 g/mol. The number of carbonyl (C=O) groups is 1. The van der Waals surface area contributed by atoms with E-state index in [9.17, 15) is 4.79 Å². The molecule has 0 spiro atoms. The van der Waals surface area contributed by atoms with Crippen molar-refractivity contribution in [1.82, 2.24) is 15.1 Å². The second kappa shape index (κ2) is 5.95. The van der Waals surface area contributed by atoms with Crippen LogP contribution in [0.3, 0.4) is 0 Å². The molecule has 1 saturated heterocycles. The summed E-state index contributed by atoms with van der Waals surface area (Å²) < 4.78 is 0. The maximum atomic E-state index is 12.5. The molecule has 21 heavy (non-hydrogen) atoms. The third-order valence-electron chi connectivity index (χ3n) is 4.31. The highest BCUT2D eigenvalue weighted by molar-refractivity contribution is 6.30. The van der Waals surface area contributed by atoms with Gasteiger partial charge in [-0.05, 0) is 52.6 Å². The highest BCUT2D eigenvalue weighted by Gasteiger charge is 2.40. The summed E-state index contributed by atoms with van der Waals surface area (Å²) in [7, 11) is 4.07. The fourth-order valence-corrected chi connectivity index (χ4v) is 2.65. The average molecular weight is 310 g/mol. The summed E-state index contributed by atoms with van der Waals surface area (Å²) in [4.78, 5) is 16.5. The van der Waals surface area contributed by atoms with Crippen LogP contribution in [0.1, 0.15) is 32.5 Å². The molecule has 1 aliphatic heterocycles. The summed E-state index contributed by atoms with van der Waals surface area (Å²) in [5.74, 6) is 0.134. The Morgan fingerprint density at radius 1 is 1.38 bits per heavy atom. The third kappa shape index (κ3) is 3.39. The number of carbonyl (C=O) groups excluding carboxylic acids is 1. The van der Waals surface area contributed by atoms with Crippen molar-refractivity contribution in [3.63, 3.8) is 0 Å².